The van der Waals surface area contributed by atoms with E-state index in [1.54, 1.807) is 4.90 Å². The molecule has 1 aromatic heterocycles. The molecule has 4 nitrogen and oxygen atoms in total. The molecule has 0 radical (unpaired) electrons. The van der Waals surface area contributed by atoms with E-state index in [2.05, 4.69) is 9.97 Å². The minimum atomic E-state index is -2.58. The van der Waals surface area contributed by atoms with Gasteiger partial charge in [0.05, 0.1) is 7.11 Å². The lowest BCUT2D eigenvalue weighted by Gasteiger charge is -2.31. The summed E-state index contributed by atoms with van der Waals surface area (Å²) in [6, 6.07) is 1.48. The van der Waals surface area contributed by atoms with Crippen LogP contribution in [-0.4, -0.2) is 36.1 Å². The molecule has 2 rings (SSSR count). The van der Waals surface area contributed by atoms with Gasteiger partial charge in [0.2, 0.25) is 11.8 Å². The second-order valence-corrected chi connectivity index (χ2v) is 4.26. The highest BCUT2D eigenvalue weighted by molar-refractivity contribution is 6.29. The van der Waals surface area contributed by atoms with Crippen LogP contribution in [0.1, 0.15) is 12.8 Å². The van der Waals surface area contributed by atoms with Crippen LogP contribution in [0, 0.1) is 0 Å². The van der Waals surface area contributed by atoms with Gasteiger partial charge >= 0.3 is 0 Å². The molecule has 1 aliphatic rings. The van der Waals surface area contributed by atoms with Crippen molar-refractivity contribution in [3.63, 3.8) is 0 Å². The predicted octanol–water partition coefficient (Wildman–Crippen LogP) is 2.37. The maximum atomic E-state index is 13.0. The first-order valence-corrected chi connectivity index (χ1v) is 5.59. The first-order valence-electron chi connectivity index (χ1n) is 5.21. The van der Waals surface area contributed by atoms with Gasteiger partial charge in [0.1, 0.15) is 5.15 Å². The largest absolute Gasteiger partial charge is 0.481 e. The molecular formula is C10H12ClF2N3O. The fraction of sp³-hybridized carbons (Fsp3) is 0.600. The van der Waals surface area contributed by atoms with Crippen molar-refractivity contribution in [3.05, 3.63) is 11.2 Å². The van der Waals surface area contributed by atoms with Gasteiger partial charge in [-0.05, 0) is 0 Å². The molecule has 0 spiro atoms. The smallest absolute Gasteiger partial charge is 0.251 e. The molecule has 0 N–H and O–H groups in total. The first-order chi connectivity index (χ1) is 8.00. The number of hydrogen-bond acceptors (Lipinski definition) is 4. The molecule has 1 aromatic rings. The van der Waals surface area contributed by atoms with E-state index in [1.165, 1.54) is 13.2 Å². The number of nitrogens with zero attached hydrogens (tertiary/aromatic N) is 3. The van der Waals surface area contributed by atoms with Crippen LogP contribution < -0.4 is 9.64 Å². The Kier molecular flexibility index (Phi) is 3.33. The van der Waals surface area contributed by atoms with Gasteiger partial charge in [-0.1, -0.05) is 11.6 Å². The van der Waals surface area contributed by atoms with Crippen LogP contribution in [-0.2, 0) is 0 Å². The molecule has 94 valence electrons. The zero-order chi connectivity index (χ0) is 12.5. The third-order valence-electron chi connectivity index (χ3n) is 2.65. The van der Waals surface area contributed by atoms with Crippen LogP contribution in [0.2, 0.25) is 5.15 Å². The van der Waals surface area contributed by atoms with Gasteiger partial charge in [-0.15, -0.1) is 0 Å². The van der Waals surface area contributed by atoms with E-state index in [9.17, 15) is 8.78 Å². The second-order valence-electron chi connectivity index (χ2n) is 3.88. The van der Waals surface area contributed by atoms with Gasteiger partial charge in [0, 0.05) is 32.0 Å². The molecule has 17 heavy (non-hydrogen) atoms. The zero-order valence-electron chi connectivity index (χ0n) is 9.29. The summed E-state index contributed by atoms with van der Waals surface area (Å²) in [6.07, 6.45) is -0.379. The summed E-state index contributed by atoms with van der Waals surface area (Å²) in [7, 11) is 1.47. The lowest BCUT2D eigenvalue weighted by Crippen LogP contribution is -2.40. The lowest BCUT2D eigenvalue weighted by atomic mass is 10.1. The summed E-state index contributed by atoms with van der Waals surface area (Å²) in [5.74, 6) is -1.92. The van der Waals surface area contributed by atoms with Crippen molar-refractivity contribution in [1.82, 2.24) is 9.97 Å². The number of piperidine rings is 1. The Hall–Kier alpha value is -1.17. The number of rotatable bonds is 2. The van der Waals surface area contributed by atoms with Crippen molar-refractivity contribution in [2.45, 2.75) is 18.8 Å². The quantitative estimate of drug-likeness (QED) is 0.768. The molecule has 0 bridgehead atoms. The Balaban J connectivity index is 2.15. The van der Waals surface area contributed by atoms with E-state index in [1.807, 2.05) is 0 Å². The van der Waals surface area contributed by atoms with Gasteiger partial charge in [-0.3, -0.25) is 0 Å². The van der Waals surface area contributed by atoms with Crippen molar-refractivity contribution in [3.8, 4) is 5.88 Å². The minimum absolute atomic E-state index is 0.189. The molecule has 1 fully saturated rings. The third kappa shape index (κ3) is 2.94. The maximum Gasteiger partial charge on any atom is 0.251 e. The van der Waals surface area contributed by atoms with Crippen molar-refractivity contribution in [2.75, 3.05) is 25.1 Å². The molecular weight excluding hydrogens is 252 g/mol. The average Bonchev–Trinajstić information content (AvgIpc) is 2.28. The van der Waals surface area contributed by atoms with Crippen LogP contribution >= 0.6 is 11.6 Å². The Morgan fingerprint density at radius 2 is 2.00 bits per heavy atom. The van der Waals surface area contributed by atoms with Gasteiger partial charge in [0.15, 0.2) is 0 Å². The molecule has 1 aliphatic heterocycles. The van der Waals surface area contributed by atoms with Gasteiger partial charge in [-0.2, -0.15) is 4.98 Å². The van der Waals surface area contributed by atoms with E-state index in [4.69, 9.17) is 16.3 Å². The Labute approximate surface area is 103 Å². The van der Waals surface area contributed by atoms with Gasteiger partial charge < -0.3 is 9.64 Å². The number of hydrogen-bond donors (Lipinski definition) is 0. The average molecular weight is 264 g/mol. The summed E-state index contributed by atoms with van der Waals surface area (Å²) in [4.78, 5) is 9.78. The fourth-order valence-electron chi connectivity index (χ4n) is 1.67. The summed E-state index contributed by atoms with van der Waals surface area (Å²) in [5, 5.41) is 0.240. The highest BCUT2D eigenvalue weighted by atomic mass is 35.5. The van der Waals surface area contributed by atoms with Crippen molar-refractivity contribution in [2.24, 2.45) is 0 Å². The van der Waals surface area contributed by atoms with Crippen LogP contribution in [0.3, 0.4) is 0 Å². The van der Waals surface area contributed by atoms with Gasteiger partial charge in [0.25, 0.3) is 5.92 Å². The van der Waals surface area contributed by atoms with E-state index in [0.29, 0.717) is 11.8 Å². The molecule has 0 amide bonds. The summed E-state index contributed by atoms with van der Waals surface area (Å²) >= 11 is 5.80. The first kappa shape index (κ1) is 12.3. The molecule has 0 saturated carbocycles. The standard InChI is InChI=1S/C10H12ClF2N3O/c1-17-8-6-7(11)14-9(15-8)16-4-2-10(12,13)3-5-16/h6H,2-5H2,1H3. The normalized spacial score (nSPS) is 19.2. The molecule has 2 heterocycles. The highest BCUT2D eigenvalue weighted by Gasteiger charge is 2.34. The summed E-state index contributed by atoms with van der Waals surface area (Å²) < 4.78 is 31.0. The van der Waals surface area contributed by atoms with Gasteiger partial charge in [-0.25, -0.2) is 13.8 Å². The lowest BCUT2D eigenvalue weighted by molar-refractivity contribution is -0.0222. The van der Waals surface area contributed by atoms with Crippen LogP contribution in [0.15, 0.2) is 6.07 Å². The number of anilines is 1. The fourth-order valence-corrected chi connectivity index (χ4v) is 1.83. The number of alkyl halides is 2. The number of methoxy groups -OCH3 is 1. The molecule has 1 saturated heterocycles. The molecule has 0 aromatic carbocycles. The molecule has 0 aliphatic carbocycles. The Bertz CT molecular complexity index is 407. The van der Waals surface area contributed by atoms with Crippen molar-refractivity contribution < 1.29 is 13.5 Å². The monoisotopic (exact) mass is 263 g/mol. The highest BCUT2D eigenvalue weighted by Crippen LogP contribution is 2.30. The van der Waals surface area contributed by atoms with Crippen molar-refractivity contribution >= 4 is 17.5 Å². The number of halogens is 3. The SMILES string of the molecule is COc1cc(Cl)nc(N2CCC(F)(F)CC2)n1. The van der Waals surface area contributed by atoms with Crippen LogP contribution in [0.25, 0.3) is 0 Å². The second kappa shape index (κ2) is 4.60. The topological polar surface area (TPSA) is 38.2 Å². The molecule has 7 heteroatoms. The predicted molar refractivity (Wildman–Crippen MR) is 60.0 cm³/mol. The van der Waals surface area contributed by atoms with Crippen LogP contribution in [0.5, 0.6) is 5.88 Å². The third-order valence-corrected chi connectivity index (χ3v) is 2.84. The molecule has 0 atom stereocenters. The number of aromatic nitrogens is 2. The Morgan fingerprint density at radius 1 is 1.35 bits per heavy atom. The molecule has 0 unspecified atom stereocenters. The number of ether oxygens (including phenoxy) is 1. The van der Waals surface area contributed by atoms with Crippen molar-refractivity contribution in [1.29, 1.82) is 0 Å². The zero-order valence-corrected chi connectivity index (χ0v) is 10.0. The summed E-state index contributed by atoms with van der Waals surface area (Å²) in [6.45, 7) is 0.437. The van der Waals surface area contributed by atoms with E-state index in [-0.39, 0.29) is 31.1 Å². The van der Waals surface area contributed by atoms with E-state index >= 15 is 0 Å². The summed E-state index contributed by atoms with van der Waals surface area (Å²) in [5.41, 5.74) is 0. The van der Waals surface area contributed by atoms with Crippen LogP contribution in [0.4, 0.5) is 14.7 Å². The van der Waals surface area contributed by atoms with E-state index < -0.39 is 5.92 Å². The minimum Gasteiger partial charge on any atom is -0.481 e. The maximum absolute atomic E-state index is 13.0. The van der Waals surface area contributed by atoms with E-state index in [0.717, 1.165) is 0 Å². The Morgan fingerprint density at radius 3 is 2.59 bits per heavy atom.